The molecule has 0 aromatic heterocycles. The van der Waals surface area contributed by atoms with Crippen molar-refractivity contribution in [2.75, 3.05) is 6.79 Å². The van der Waals surface area contributed by atoms with Crippen molar-refractivity contribution in [3.8, 4) is 11.5 Å². The quantitative estimate of drug-likeness (QED) is 0.912. The first-order chi connectivity index (χ1) is 8.79. The van der Waals surface area contributed by atoms with E-state index in [-0.39, 0.29) is 13.2 Å². The summed E-state index contributed by atoms with van der Waals surface area (Å²) in [5, 5.41) is 8.97. The van der Waals surface area contributed by atoms with E-state index in [1.807, 2.05) is 0 Å². The fourth-order valence-electron chi connectivity index (χ4n) is 1.99. The Labute approximate surface area is 111 Å². The molecule has 0 fully saturated rings. The van der Waals surface area contributed by atoms with Crippen LogP contribution in [0.4, 0.5) is 4.39 Å². The Morgan fingerprint density at radius 3 is 2.74 bits per heavy atom. The number of hydrogen-bond acceptors (Lipinski definition) is 3. The lowest BCUT2D eigenvalue weighted by Gasteiger charge is -2.18. The van der Waals surface area contributed by atoms with Crippen LogP contribution in [0, 0.1) is 5.92 Å². The number of carbonyl (C=O) groups is 1. The number of benzene rings is 1. The highest BCUT2D eigenvalue weighted by atomic mass is 19.1. The van der Waals surface area contributed by atoms with Gasteiger partial charge in [-0.15, -0.1) is 0 Å². The molecule has 1 aliphatic rings. The molecule has 2 rings (SSSR count). The summed E-state index contributed by atoms with van der Waals surface area (Å²) in [6.07, 6.45) is 0.283. The van der Waals surface area contributed by atoms with E-state index in [9.17, 15) is 9.18 Å². The van der Waals surface area contributed by atoms with E-state index in [2.05, 4.69) is 0 Å². The minimum atomic E-state index is -1.51. The number of hydrogen-bond donors (Lipinski definition) is 1. The smallest absolute Gasteiger partial charge is 0.306 e. The molecule has 0 aliphatic carbocycles. The monoisotopic (exact) mass is 268 g/mol. The third-order valence-electron chi connectivity index (χ3n) is 3.18. The maximum atomic E-state index is 14.1. The largest absolute Gasteiger partial charge is 0.481 e. The predicted octanol–water partition coefficient (Wildman–Crippen LogP) is 2.88. The van der Waals surface area contributed by atoms with E-state index >= 15 is 0 Å². The van der Waals surface area contributed by atoms with Gasteiger partial charge in [-0.3, -0.25) is 4.79 Å². The minimum absolute atomic E-state index is 0.0833. The van der Waals surface area contributed by atoms with Crippen LogP contribution in [-0.2, 0) is 16.9 Å². The zero-order chi connectivity index (χ0) is 14.2. The maximum Gasteiger partial charge on any atom is 0.306 e. The molecular formula is C14H17FO4. The van der Waals surface area contributed by atoms with Gasteiger partial charge in [0.2, 0.25) is 6.79 Å². The van der Waals surface area contributed by atoms with Gasteiger partial charge in [0, 0.05) is 0 Å². The molecule has 0 amide bonds. The molecule has 0 bridgehead atoms. The van der Waals surface area contributed by atoms with Crippen molar-refractivity contribution in [1.29, 1.82) is 0 Å². The highest BCUT2D eigenvalue weighted by Gasteiger charge is 2.27. The molecular weight excluding hydrogens is 251 g/mol. The first-order valence-corrected chi connectivity index (χ1v) is 6.13. The summed E-state index contributed by atoms with van der Waals surface area (Å²) < 4.78 is 24.7. The van der Waals surface area contributed by atoms with Crippen LogP contribution in [0.3, 0.4) is 0 Å². The van der Waals surface area contributed by atoms with E-state index in [1.165, 1.54) is 13.8 Å². The second-order valence-electron chi connectivity index (χ2n) is 5.29. The summed E-state index contributed by atoms with van der Waals surface area (Å²) in [6.45, 7) is 4.60. The summed E-state index contributed by atoms with van der Waals surface area (Å²) in [5.41, 5.74) is -0.377. The summed E-state index contributed by atoms with van der Waals surface area (Å²) in [5.74, 6) is -0.444. The fourth-order valence-corrected chi connectivity index (χ4v) is 1.99. The second-order valence-corrected chi connectivity index (χ2v) is 5.29. The third kappa shape index (κ3) is 2.80. The molecule has 0 radical (unpaired) electrons. The van der Waals surface area contributed by atoms with Crippen LogP contribution in [-0.4, -0.2) is 17.9 Å². The van der Waals surface area contributed by atoms with E-state index < -0.39 is 17.6 Å². The number of fused-ring (bicyclic) bond motifs is 1. The van der Waals surface area contributed by atoms with Gasteiger partial charge < -0.3 is 14.6 Å². The molecule has 1 atom stereocenters. The van der Waals surface area contributed by atoms with Crippen molar-refractivity contribution in [2.45, 2.75) is 32.9 Å². The number of carboxylic acid groups (broad SMARTS) is 1. The van der Waals surface area contributed by atoms with Gasteiger partial charge in [-0.2, -0.15) is 0 Å². The predicted molar refractivity (Wildman–Crippen MR) is 67.2 cm³/mol. The molecule has 4 nitrogen and oxygen atoms in total. The third-order valence-corrected chi connectivity index (χ3v) is 3.18. The van der Waals surface area contributed by atoms with Crippen molar-refractivity contribution in [2.24, 2.45) is 5.92 Å². The number of rotatable bonds is 4. The average molecular weight is 268 g/mol. The molecule has 0 spiro atoms. The summed E-state index contributed by atoms with van der Waals surface area (Å²) in [6, 6.07) is 3.27. The molecule has 19 heavy (non-hydrogen) atoms. The first-order valence-electron chi connectivity index (χ1n) is 6.13. The van der Waals surface area contributed by atoms with Gasteiger partial charge in [0.05, 0.1) is 5.92 Å². The van der Waals surface area contributed by atoms with Crippen LogP contribution in [0.1, 0.15) is 31.9 Å². The lowest BCUT2D eigenvalue weighted by molar-refractivity contribution is -0.141. The van der Waals surface area contributed by atoms with Crippen LogP contribution < -0.4 is 9.47 Å². The Bertz CT molecular complexity index is 505. The fraction of sp³-hybridized carbons (Fsp3) is 0.500. The second kappa shape index (κ2) is 4.72. The average Bonchev–Trinajstić information content (AvgIpc) is 2.75. The zero-order valence-corrected chi connectivity index (χ0v) is 11.2. The van der Waals surface area contributed by atoms with Crippen LogP contribution >= 0.6 is 0 Å². The SMILES string of the molecule is CC(Cc1cc(C(C)(C)F)cc2c1OCO2)C(=O)O. The van der Waals surface area contributed by atoms with E-state index in [4.69, 9.17) is 14.6 Å². The van der Waals surface area contributed by atoms with Crippen molar-refractivity contribution in [3.63, 3.8) is 0 Å². The van der Waals surface area contributed by atoms with Gasteiger partial charge in [0.25, 0.3) is 0 Å². The topological polar surface area (TPSA) is 55.8 Å². The summed E-state index contributed by atoms with van der Waals surface area (Å²) in [7, 11) is 0. The molecule has 1 N–H and O–H groups in total. The maximum absolute atomic E-state index is 14.1. The van der Waals surface area contributed by atoms with E-state index in [0.29, 0.717) is 22.6 Å². The molecule has 1 aromatic carbocycles. The Morgan fingerprint density at radius 1 is 1.47 bits per heavy atom. The summed E-state index contributed by atoms with van der Waals surface area (Å²) >= 11 is 0. The highest BCUT2D eigenvalue weighted by Crippen LogP contribution is 2.41. The van der Waals surface area contributed by atoms with Gasteiger partial charge in [0.1, 0.15) is 5.67 Å². The molecule has 1 heterocycles. The lowest BCUT2D eigenvalue weighted by atomic mass is 9.93. The van der Waals surface area contributed by atoms with Crippen molar-refractivity contribution < 1.29 is 23.8 Å². The molecule has 0 saturated heterocycles. The number of alkyl halides is 1. The molecule has 0 saturated carbocycles. The number of aliphatic carboxylic acids is 1. The van der Waals surface area contributed by atoms with E-state index in [1.54, 1.807) is 19.1 Å². The molecule has 1 aromatic rings. The molecule has 104 valence electrons. The Morgan fingerprint density at radius 2 is 2.16 bits per heavy atom. The normalized spacial score (nSPS) is 15.4. The standard InChI is InChI=1S/C14H17FO4/c1-8(13(16)17)4-9-5-10(14(2,3)15)6-11-12(9)19-7-18-11/h5-6,8H,4,7H2,1-3H3,(H,16,17). The van der Waals surface area contributed by atoms with Crippen molar-refractivity contribution in [3.05, 3.63) is 23.3 Å². The highest BCUT2D eigenvalue weighted by molar-refractivity contribution is 5.70. The minimum Gasteiger partial charge on any atom is -0.481 e. The van der Waals surface area contributed by atoms with Gasteiger partial charge in [-0.1, -0.05) is 6.92 Å². The van der Waals surface area contributed by atoms with Gasteiger partial charge in [0.15, 0.2) is 11.5 Å². The Kier molecular flexibility index (Phi) is 3.39. The molecule has 1 aliphatic heterocycles. The van der Waals surface area contributed by atoms with Crippen molar-refractivity contribution >= 4 is 5.97 Å². The number of halogens is 1. The van der Waals surface area contributed by atoms with Crippen molar-refractivity contribution in [1.82, 2.24) is 0 Å². The Hall–Kier alpha value is -1.78. The van der Waals surface area contributed by atoms with Gasteiger partial charge in [-0.05, 0) is 43.5 Å². The van der Waals surface area contributed by atoms with Crippen LogP contribution in [0.25, 0.3) is 0 Å². The van der Waals surface area contributed by atoms with E-state index in [0.717, 1.165) is 0 Å². The lowest BCUT2D eigenvalue weighted by Crippen LogP contribution is -2.14. The van der Waals surface area contributed by atoms with Gasteiger partial charge >= 0.3 is 5.97 Å². The van der Waals surface area contributed by atoms with Crippen LogP contribution in [0.15, 0.2) is 12.1 Å². The number of carboxylic acids is 1. The first kappa shape index (κ1) is 13.6. The van der Waals surface area contributed by atoms with Crippen LogP contribution in [0.2, 0.25) is 0 Å². The zero-order valence-electron chi connectivity index (χ0n) is 11.2. The van der Waals surface area contributed by atoms with Gasteiger partial charge in [-0.25, -0.2) is 4.39 Å². The molecule has 5 heteroatoms. The van der Waals surface area contributed by atoms with Crippen LogP contribution in [0.5, 0.6) is 11.5 Å². The molecule has 1 unspecified atom stereocenters. The number of ether oxygens (including phenoxy) is 2. The summed E-state index contributed by atoms with van der Waals surface area (Å²) in [4.78, 5) is 10.9. The Balaban J connectivity index is 2.41.